The van der Waals surface area contributed by atoms with E-state index >= 15 is 0 Å². The molecular formula is C17H29NO. The van der Waals surface area contributed by atoms with E-state index in [9.17, 15) is 0 Å². The molecule has 1 unspecified atom stereocenters. The van der Waals surface area contributed by atoms with Gasteiger partial charge < -0.3 is 10.1 Å². The fraction of sp³-hybridized carbons (Fsp3) is 0.647. The molecule has 0 saturated carbocycles. The largest absolute Gasteiger partial charge is 0.379 e. The van der Waals surface area contributed by atoms with Crippen molar-refractivity contribution < 1.29 is 4.74 Å². The zero-order valence-electron chi connectivity index (χ0n) is 13.1. The monoisotopic (exact) mass is 263 g/mol. The maximum atomic E-state index is 5.70. The molecule has 0 radical (unpaired) electrons. The zero-order chi connectivity index (χ0) is 14.3. The molecule has 2 nitrogen and oxygen atoms in total. The van der Waals surface area contributed by atoms with Crippen LogP contribution in [0.15, 0.2) is 24.3 Å². The van der Waals surface area contributed by atoms with E-state index in [-0.39, 0.29) is 0 Å². The maximum absolute atomic E-state index is 5.70. The minimum Gasteiger partial charge on any atom is -0.379 e. The second kappa shape index (κ2) is 8.34. The van der Waals surface area contributed by atoms with Crippen molar-refractivity contribution in [2.75, 3.05) is 13.2 Å². The van der Waals surface area contributed by atoms with Gasteiger partial charge in [-0.25, -0.2) is 0 Å². The number of hydrogen-bond donors (Lipinski definition) is 1. The van der Waals surface area contributed by atoms with Crippen LogP contribution in [0, 0.1) is 6.92 Å². The molecule has 0 aromatic heterocycles. The smallest absolute Gasteiger partial charge is 0.0518 e. The van der Waals surface area contributed by atoms with E-state index < -0.39 is 0 Å². The minimum atomic E-state index is 0.316. The summed E-state index contributed by atoms with van der Waals surface area (Å²) in [5.41, 5.74) is 2.73. The van der Waals surface area contributed by atoms with Crippen LogP contribution in [-0.4, -0.2) is 25.3 Å². The van der Waals surface area contributed by atoms with E-state index in [1.54, 1.807) is 0 Å². The van der Waals surface area contributed by atoms with E-state index in [0.717, 1.165) is 19.6 Å². The first-order valence-corrected chi connectivity index (χ1v) is 7.40. The first kappa shape index (κ1) is 16.2. The van der Waals surface area contributed by atoms with Crippen molar-refractivity contribution in [3.63, 3.8) is 0 Å². The number of nitrogens with one attached hydrogen (secondary N) is 1. The number of ether oxygens (including phenoxy) is 1. The lowest BCUT2D eigenvalue weighted by atomic mass is 9.95. The highest BCUT2D eigenvalue weighted by atomic mass is 16.5. The second-order valence-corrected chi connectivity index (χ2v) is 5.88. The van der Waals surface area contributed by atoms with Gasteiger partial charge in [-0.1, -0.05) is 43.7 Å². The van der Waals surface area contributed by atoms with E-state index in [1.165, 1.54) is 11.1 Å². The Morgan fingerprint density at radius 2 is 1.68 bits per heavy atom. The van der Waals surface area contributed by atoms with Gasteiger partial charge in [0.15, 0.2) is 0 Å². The summed E-state index contributed by atoms with van der Waals surface area (Å²) in [7, 11) is 0. The first-order valence-electron chi connectivity index (χ1n) is 7.40. The molecule has 0 aliphatic heterocycles. The van der Waals surface area contributed by atoms with Gasteiger partial charge in [-0.2, -0.15) is 0 Å². The fourth-order valence-electron chi connectivity index (χ4n) is 2.05. The molecule has 1 rings (SSSR count). The normalized spacial score (nSPS) is 13.2. The highest BCUT2D eigenvalue weighted by Gasteiger charge is 2.12. The van der Waals surface area contributed by atoms with Crippen molar-refractivity contribution in [3.05, 3.63) is 35.4 Å². The highest BCUT2D eigenvalue weighted by Crippen LogP contribution is 2.20. The van der Waals surface area contributed by atoms with Crippen molar-refractivity contribution >= 4 is 0 Å². The van der Waals surface area contributed by atoms with Gasteiger partial charge >= 0.3 is 0 Å². The Balaban J connectivity index is 2.59. The van der Waals surface area contributed by atoms with Crippen LogP contribution in [0.5, 0.6) is 0 Å². The molecule has 108 valence electrons. The quantitative estimate of drug-likeness (QED) is 0.768. The van der Waals surface area contributed by atoms with Gasteiger partial charge in [0.25, 0.3) is 0 Å². The third kappa shape index (κ3) is 6.74. The summed E-state index contributed by atoms with van der Waals surface area (Å²) in [6.07, 6.45) is 1.39. The Morgan fingerprint density at radius 1 is 1.05 bits per heavy atom. The van der Waals surface area contributed by atoms with Gasteiger partial charge in [0.1, 0.15) is 0 Å². The van der Waals surface area contributed by atoms with Crippen molar-refractivity contribution in [3.8, 4) is 0 Å². The van der Waals surface area contributed by atoms with Crippen molar-refractivity contribution in [2.45, 2.75) is 59.1 Å². The lowest BCUT2D eigenvalue weighted by Gasteiger charge is -2.20. The SMILES string of the molecule is Cc1ccc(C(CCOC(C)C)CNC(C)C)cc1. The third-order valence-corrected chi connectivity index (χ3v) is 3.24. The molecule has 0 aliphatic carbocycles. The number of benzene rings is 1. The summed E-state index contributed by atoms with van der Waals surface area (Å²) in [4.78, 5) is 0. The first-order chi connectivity index (χ1) is 8.99. The van der Waals surface area contributed by atoms with Gasteiger partial charge in [-0.3, -0.25) is 0 Å². The van der Waals surface area contributed by atoms with Gasteiger partial charge in [0.2, 0.25) is 0 Å². The summed E-state index contributed by atoms with van der Waals surface area (Å²) < 4.78 is 5.70. The Morgan fingerprint density at radius 3 is 2.21 bits per heavy atom. The number of aryl methyl sites for hydroxylation is 1. The molecule has 1 aromatic rings. The van der Waals surface area contributed by atoms with E-state index in [4.69, 9.17) is 4.74 Å². The van der Waals surface area contributed by atoms with E-state index in [0.29, 0.717) is 18.1 Å². The Bertz CT molecular complexity index is 343. The highest BCUT2D eigenvalue weighted by molar-refractivity contribution is 5.24. The Labute approximate surface area is 118 Å². The molecule has 0 aliphatic rings. The third-order valence-electron chi connectivity index (χ3n) is 3.24. The molecule has 0 bridgehead atoms. The molecule has 2 heteroatoms. The lowest BCUT2D eigenvalue weighted by Crippen LogP contribution is -2.28. The second-order valence-electron chi connectivity index (χ2n) is 5.88. The summed E-state index contributed by atoms with van der Waals surface area (Å²) >= 11 is 0. The summed E-state index contributed by atoms with van der Waals surface area (Å²) in [5, 5.41) is 3.54. The van der Waals surface area contributed by atoms with Crippen molar-refractivity contribution in [1.29, 1.82) is 0 Å². The molecule has 1 N–H and O–H groups in total. The van der Waals surface area contributed by atoms with E-state index in [2.05, 4.69) is 64.2 Å². The molecule has 1 atom stereocenters. The average Bonchev–Trinajstić information content (AvgIpc) is 2.34. The molecule has 19 heavy (non-hydrogen) atoms. The predicted octanol–water partition coefficient (Wildman–Crippen LogP) is 3.89. The fourth-order valence-corrected chi connectivity index (χ4v) is 2.05. The number of hydrogen-bond acceptors (Lipinski definition) is 2. The average molecular weight is 263 g/mol. The van der Waals surface area contributed by atoms with Crippen molar-refractivity contribution in [1.82, 2.24) is 5.32 Å². The van der Waals surface area contributed by atoms with Crippen LogP contribution in [-0.2, 0) is 4.74 Å². The van der Waals surface area contributed by atoms with E-state index in [1.807, 2.05) is 0 Å². The van der Waals surface area contributed by atoms with Crippen LogP contribution in [0.25, 0.3) is 0 Å². The van der Waals surface area contributed by atoms with Crippen molar-refractivity contribution in [2.24, 2.45) is 0 Å². The summed E-state index contributed by atoms with van der Waals surface area (Å²) in [5.74, 6) is 0.529. The van der Waals surface area contributed by atoms with Crippen LogP contribution in [0.3, 0.4) is 0 Å². The van der Waals surface area contributed by atoms with Crippen LogP contribution in [0.4, 0.5) is 0 Å². The minimum absolute atomic E-state index is 0.316. The molecule has 0 saturated heterocycles. The van der Waals surface area contributed by atoms with Crippen LogP contribution in [0.2, 0.25) is 0 Å². The zero-order valence-corrected chi connectivity index (χ0v) is 13.1. The molecule has 1 aromatic carbocycles. The predicted molar refractivity (Wildman–Crippen MR) is 82.8 cm³/mol. The lowest BCUT2D eigenvalue weighted by molar-refractivity contribution is 0.0732. The van der Waals surface area contributed by atoms with Gasteiger partial charge in [-0.05, 0) is 38.7 Å². The molecule has 0 fully saturated rings. The molecule has 0 heterocycles. The topological polar surface area (TPSA) is 21.3 Å². The van der Waals surface area contributed by atoms with Crippen LogP contribution < -0.4 is 5.32 Å². The summed E-state index contributed by atoms with van der Waals surface area (Å²) in [6, 6.07) is 9.41. The molecule has 0 amide bonds. The van der Waals surface area contributed by atoms with Gasteiger partial charge in [-0.15, -0.1) is 0 Å². The maximum Gasteiger partial charge on any atom is 0.0518 e. The standard InChI is InChI=1S/C17H29NO/c1-13(2)18-12-17(10-11-19-14(3)4)16-8-6-15(5)7-9-16/h6-9,13-14,17-18H,10-12H2,1-5H3. The number of rotatable bonds is 8. The van der Waals surface area contributed by atoms with Gasteiger partial charge in [0, 0.05) is 19.2 Å². The Hall–Kier alpha value is -0.860. The molecule has 0 spiro atoms. The van der Waals surface area contributed by atoms with Gasteiger partial charge in [0.05, 0.1) is 6.10 Å². The summed E-state index contributed by atoms with van der Waals surface area (Å²) in [6.45, 7) is 12.5. The Kier molecular flexibility index (Phi) is 7.11. The van der Waals surface area contributed by atoms with Crippen LogP contribution >= 0.6 is 0 Å². The molecular weight excluding hydrogens is 234 g/mol. The van der Waals surface area contributed by atoms with Crippen LogP contribution in [0.1, 0.15) is 51.2 Å².